The number of benzene rings is 1. The summed E-state index contributed by atoms with van der Waals surface area (Å²) in [5.74, 6) is -0.876. The van der Waals surface area contributed by atoms with Crippen LogP contribution in [0.4, 0.5) is 0 Å². The fourth-order valence-corrected chi connectivity index (χ4v) is 2.24. The molecule has 0 aliphatic heterocycles. The van der Waals surface area contributed by atoms with Crippen LogP contribution < -0.4 is 0 Å². The fourth-order valence-electron chi connectivity index (χ4n) is 1.58. The Bertz CT molecular complexity index is 449. The van der Waals surface area contributed by atoms with Gasteiger partial charge in [0.15, 0.2) is 0 Å². The van der Waals surface area contributed by atoms with E-state index in [4.69, 9.17) is 10.4 Å². The average Bonchev–Trinajstić information content (AvgIpc) is 2.27. The summed E-state index contributed by atoms with van der Waals surface area (Å²) < 4.78 is 0. The summed E-state index contributed by atoms with van der Waals surface area (Å²) in [7, 11) is 0. The zero-order chi connectivity index (χ0) is 12.1. The molecule has 0 amide bonds. The first kappa shape index (κ1) is 12.7. The predicted octanol–water partition coefficient (Wildman–Crippen LogP) is 2.64. The number of hydrogen-bond acceptors (Lipinski definition) is 2. The lowest BCUT2D eigenvalue weighted by atomic mass is 9.96. The molecule has 1 aromatic carbocycles. The highest BCUT2D eigenvalue weighted by Crippen LogP contribution is 2.21. The van der Waals surface area contributed by atoms with Gasteiger partial charge in [-0.15, -0.1) is 0 Å². The summed E-state index contributed by atoms with van der Waals surface area (Å²) in [5, 5.41) is 18.3. The van der Waals surface area contributed by atoms with Crippen molar-refractivity contribution in [3.05, 3.63) is 34.4 Å². The molecule has 0 spiro atoms. The van der Waals surface area contributed by atoms with Crippen LogP contribution in [0, 0.1) is 11.3 Å². The second-order valence-electron chi connectivity index (χ2n) is 3.45. The van der Waals surface area contributed by atoms with Crippen molar-refractivity contribution in [1.29, 1.82) is 5.26 Å². The van der Waals surface area contributed by atoms with Crippen LogP contribution in [0.1, 0.15) is 29.2 Å². The lowest BCUT2D eigenvalue weighted by Gasteiger charge is -2.09. The molecule has 16 heavy (non-hydrogen) atoms. The van der Waals surface area contributed by atoms with Gasteiger partial charge >= 0.3 is 5.97 Å². The Morgan fingerprint density at radius 3 is 2.69 bits per heavy atom. The molecule has 1 rings (SSSR count). The SMILES string of the molecule is CCc1cc(C#N)c(CBr)c(CC(=O)O)c1. The normalized spacial score (nSPS) is 9.81. The van der Waals surface area contributed by atoms with E-state index in [2.05, 4.69) is 22.0 Å². The van der Waals surface area contributed by atoms with Crippen molar-refractivity contribution in [3.8, 4) is 6.07 Å². The first-order chi connectivity index (χ1) is 7.62. The lowest BCUT2D eigenvalue weighted by Crippen LogP contribution is -2.05. The van der Waals surface area contributed by atoms with Gasteiger partial charge in [-0.3, -0.25) is 4.79 Å². The Hall–Kier alpha value is -1.34. The van der Waals surface area contributed by atoms with E-state index in [1.165, 1.54) is 0 Å². The molecule has 84 valence electrons. The minimum atomic E-state index is -0.876. The number of rotatable bonds is 4. The van der Waals surface area contributed by atoms with Gasteiger partial charge in [0.1, 0.15) is 0 Å². The van der Waals surface area contributed by atoms with Gasteiger partial charge < -0.3 is 5.11 Å². The zero-order valence-corrected chi connectivity index (χ0v) is 10.5. The van der Waals surface area contributed by atoms with Gasteiger partial charge in [-0.25, -0.2) is 0 Å². The van der Waals surface area contributed by atoms with Crippen molar-refractivity contribution < 1.29 is 9.90 Å². The molecule has 0 aromatic heterocycles. The molecular formula is C12H12BrNO2. The number of aliphatic carboxylic acids is 1. The number of alkyl halides is 1. The maximum absolute atomic E-state index is 10.7. The largest absolute Gasteiger partial charge is 0.481 e. The molecule has 0 heterocycles. The molecule has 4 heteroatoms. The Labute approximate surface area is 103 Å². The fraction of sp³-hybridized carbons (Fsp3) is 0.333. The highest BCUT2D eigenvalue weighted by atomic mass is 79.9. The first-order valence-electron chi connectivity index (χ1n) is 4.94. The highest BCUT2D eigenvalue weighted by Gasteiger charge is 2.12. The zero-order valence-electron chi connectivity index (χ0n) is 8.96. The van der Waals surface area contributed by atoms with Crippen molar-refractivity contribution in [1.82, 2.24) is 0 Å². The summed E-state index contributed by atoms with van der Waals surface area (Å²) in [6.07, 6.45) is 0.757. The summed E-state index contributed by atoms with van der Waals surface area (Å²) in [6, 6.07) is 5.80. The van der Waals surface area contributed by atoms with E-state index >= 15 is 0 Å². The number of carboxylic acids is 1. The van der Waals surface area contributed by atoms with Crippen molar-refractivity contribution in [2.45, 2.75) is 25.1 Å². The van der Waals surface area contributed by atoms with Crippen molar-refractivity contribution in [2.75, 3.05) is 0 Å². The van der Waals surface area contributed by atoms with E-state index in [1.54, 1.807) is 0 Å². The van der Waals surface area contributed by atoms with Crippen LogP contribution in [-0.2, 0) is 23.0 Å². The van der Waals surface area contributed by atoms with Gasteiger partial charge in [-0.2, -0.15) is 5.26 Å². The lowest BCUT2D eigenvalue weighted by molar-refractivity contribution is -0.136. The molecule has 0 saturated carbocycles. The quantitative estimate of drug-likeness (QED) is 0.863. The number of carbonyl (C=O) groups is 1. The van der Waals surface area contributed by atoms with Crippen LogP contribution in [0.5, 0.6) is 0 Å². The van der Waals surface area contributed by atoms with Gasteiger partial charge in [0.2, 0.25) is 0 Å². The minimum Gasteiger partial charge on any atom is -0.481 e. The van der Waals surface area contributed by atoms with Gasteiger partial charge in [-0.1, -0.05) is 28.9 Å². The predicted molar refractivity (Wildman–Crippen MR) is 64.5 cm³/mol. The van der Waals surface area contributed by atoms with E-state index in [0.29, 0.717) is 10.9 Å². The van der Waals surface area contributed by atoms with E-state index < -0.39 is 5.97 Å². The van der Waals surface area contributed by atoms with E-state index in [0.717, 1.165) is 23.1 Å². The molecule has 0 unspecified atom stereocenters. The summed E-state index contributed by atoms with van der Waals surface area (Å²) in [4.78, 5) is 10.7. The molecule has 0 atom stereocenters. The summed E-state index contributed by atoms with van der Waals surface area (Å²) in [6.45, 7) is 1.98. The molecule has 0 fully saturated rings. The number of carboxylic acid groups (broad SMARTS) is 1. The van der Waals surface area contributed by atoms with E-state index in [-0.39, 0.29) is 6.42 Å². The van der Waals surface area contributed by atoms with Crippen LogP contribution in [-0.4, -0.2) is 11.1 Å². The molecule has 1 N–H and O–H groups in total. The highest BCUT2D eigenvalue weighted by molar-refractivity contribution is 9.08. The maximum atomic E-state index is 10.7. The molecule has 0 aliphatic rings. The number of aryl methyl sites for hydroxylation is 1. The number of nitrogens with zero attached hydrogens (tertiary/aromatic N) is 1. The van der Waals surface area contributed by atoms with E-state index in [9.17, 15) is 4.79 Å². The smallest absolute Gasteiger partial charge is 0.307 e. The summed E-state index contributed by atoms with van der Waals surface area (Å²) in [5.41, 5.74) is 3.06. The molecule has 0 radical (unpaired) electrons. The van der Waals surface area contributed by atoms with Gasteiger partial charge in [0, 0.05) is 5.33 Å². The molecule has 1 aromatic rings. The molecule has 0 saturated heterocycles. The Morgan fingerprint density at radius 2 is 2.25 bits per heavy atom. The molecule has 0 bridgehead atoms. The molecule has 3 nitrogen and oxygen atoms in total. The van der Waals surface area contributed by atoms with Crippen molar-refractivity contribution >= 4 is 21.9 Å². The van der Waals surface area contributed by atoms with Gasteiger partial charge in [0.25, 0.3) is 0 Å². The number of halogens is 1. The summed E-state index contributed by atoms with van der Waals surface area (Å²) >= 11 is 3.29. The second kappa shape index (κ2) is 5.66. The molecular weight excluding hydrogens is 270 g/mol. The van der Waals surface area contributed by atoms with Crippen LogP contribution in [0.2, 0.25) is 0 Å². The first-order valence-corrected chi connectivity index (χ1v) is 6.07. The Kier molecular flexibility index (Phi) is 4.51. The van der Waals surface area contributed by atoms with Gasteiger partial charge in [0.05, 0.1) is 18.1 Å². The standard InChI is InChI=1S/C12H12BrNO2/c1-2-8-3-9(5-12(15)16)11(6-13)10(4-8)7-14/h3-4H,2,5-6H2,1H3,(H,15,16). The van der Waals surface area contributed by atoms with Crippen LogP contribution in [0.15, 0.2) is 12.1 Å². The van der Waals surface area contributed by atoms with Gasteiger partial charge in [-0.05, 0) is 29.2 Å². The average molecular weight is 282 g/mol. The third-order valence-electron chi connectivity index (χ3n) is 2.41. The van der Waals surface area contributed by atoms with Crippen molar-refractivity contribution in [3.63, 3.8) is 0 Å². The topological polar surface area (TPSA) is 61.1 Å². The molecule has 0 aliphatic carbocycles. The minimum absolute atomic E-state index is 0.0382. The van der Waals surface area contributed by atoms with E-state index in [1.807, 2.05) is 19.1 Å². The number of nitriles is 1. The Morgan fingerprint density at radius 1 is 1.56 bits per heavy atom. The third kappa shape index (κ3) is 2.83. The van der Waals surface area contributed by atoms with Crippen molar-refractivity contribution in [2.24, 2.45) is 0 Å². The van der Waals surface area contributed by atoms with Crippen LogP contribution >= 0.6 is 15.9 Å². The second-order valence-corrected chi connectivity index (χ2v) is 4.01. The number of hydrogen-bond donors (Lipinski definition) is 1. The third-order valence-corrected chi connectivity index (χ3v) is 2.97. The Balaban J connectivity index is 3.32. The van der Waals surface area contributed by atoms with Crippen LogP contribution in [0.3, 0.4) is 0 Å². The van der Waals surface area contributed by atoms with Crippen LogP contribution in [0.25, 0.3) is 0 Å². The monoisotopic (exact) mass is 281 g/mol. The maximum Gasteiger partial charge on any atom is 0.307 e.